The van der Waals surface area contributed by atoms with Crippen LogP contribution in [0.4, 0.5) is 8.78 Å². The summed E-state index contributed by atoms with van der Waals surface area (Å²) in [4.78, 5) is 41.4. The molecule has 4 atom stereocenters. The Labute approximate surface area is 164 Å². The molecule has 1 unspecified atom stereocenters. The lowest BCUT2D eigenvalue weighted by Crippen LogP contribution is -2.66. The molecule has 1 saturated heterocycles. The Morgan fingerprint density at radius 1 is 1.36 bits per heavy atom. The zero-order chi connectivity index (χ0) is 20.6. The van der Waals surface area contributed by atoms with Gasteiger partial charge < -0.3 is 15.3 Å². The normalized spacial score (nSPS) is 24.8. The Bertz CT molecular complexity index is 833. The van der Waals surface area contributed by atoms with Crippen LogP contribution in [0.2, 0.25) is 0 Å². The van der Waals surface area contributed by atoms with E-state index in [2.05, 4.69) is 10.3 Å². The van der Waals surface area contributed by atoms with E-state index in [9.17, 15) is 28.3 Å². The lowest BCUT2D eigenvalue weighted by Gasteiger charge is -2.47. The number of aromatic nitrogens is 1. The van der Waals surface area contributed by atoms with Gasteiger partial charge in [0, 0.05) is 35.0 Å². The molecule has 10 heteroatoms. The Morgan fingerprint density at radius 2 is 2.00 bits per heavy atom. The molecule has 1 aromatic heterocycles. The number of hydrogen-bond donors (Lipinski definition) is 2. The van der Waals surface area contributed by atoms with Gasteiger partial charge in [-0.3, -0.25) is 14.6 Å². The van der Waals surface area contributed by atoms with Gasteiger partial charge in [-0.2, -0.15) is 8.78 Å². The molecule has 2 aliphatic rings. The van der Waals surface area contributed by atoms with Gasteiger partial charge in [0.2, 0.25) is 5.91 Å². The number of carbonyl (C=O) groups excluding carboxylic acids is 2. The molecule has 2 amide bonds. The molecule has 2 N–H and O–H groups in total. The molecule has 0 saturated carbocycles. The molecular formula is C18H19F2N3O4S. The molecule has 28 heavy (non-hydrogen) atoms. The number of pyridine rings is 1. The molecule has 0 aliphatic carbocycles. The first-order valence-electron chi connectivity index (χ1n) is 8.64. The maximum Gasteiger partial charge on any atom is 0.353 e. The van der Waals surface area contributed by atoms with Crippen LogP contribution in [0.25, 0.3) is 0 Å². The first-order chi connectivity index (χ1) is 13.2. The summed E-state index contributed by atoms with van der Waals surface area (Å²) >= 11 is 1.33. The van der Waals surface area contributed by atoms with Crippen molar-refractivity contribution < 1.29 is 28.3 Å². The fourth-order valence-electron chi connectivity index (χ4n) is 3.75. The van der Waals surface area contributed by atoms with Crippen molar-refractivity contribution in [2.24, 2.45) is 11.8 Å². The van der Waals surface area contributed by atoms with Crippen LogP contribution in [-0.2, 0) is 20.1 Å². The van der Waals surface area contributed by atoms with Crippen LogP contribution in [-0.4, -0.2) is 51.3 Å². The van der Waals surface area contributed by atoms with Crippen molar-refractivity contribution in [3.8, 4) is 0 Å². The quantitative estimate of drug-likeness (QED) is 0.665. The van der Waals surface area contributed by atoms with Gasteiger partial charge in [0.1, 0.15) is 5.70 Å². The topological polar surface area (TPSA) is 99.6 Å². The summed E-state index contributed by atoms with van der Waals surface area (Å²) in [5.41, 5.74) is 0.893. The van der Waals surface area contributed by atoms with E-state index in [1.54, 1.807) is 12.4 Å². The average Bonchev–Trinajstić information content (AvgIpc) is 2.89. The molecule has 0 spiro atoms. The van der Waals surface area contributed by atoms with Crippen molar-refractivity contribution in [2.45, 2.75) is 38.1 Å². The molecular weight excluding hydrogens is 392 g/mol. The minimum absolute atomic E-state index is 0.0646. The smallest absolute Gasteiger partial charge is 0.353 e. The summed E-state index contributed by atoms with van der Waals surface area (Å²) in [6.45, 7) is 3.29. The second-order valence-corrected chi connectivity index (χ2v) is 7.79. The fraction of sp³-hybridized carbons (Fsp3) is 0.444. The van der Waals surface area contributed by atoms with Crippen molar-refractivity contribution in [2.75, 3.05) is 0 Å². The van der Waals surface area contributed by atoms with Gasteiger partial charge in [0.05, 0.1) is 12.0 Å². The second kappa shape index (κ2) is 7.86. The number of nitrogens with one attached hydrogen (secondary N) is 1. The van der Waals surface area contributed by atoms with Crippen LogP contribution in [0.1, 0.15) is 19.4 Å². The number of amides is 2. The number of halogens is 2. The Kier molecular flexibility index (Phi) is 5.69. The standard InChI is InChI=1S/C18H19F2N3O4S/c1-8-12-11(9(2)22-16(24)15(19)20)17(25)23(12)13(18(26)27)14(8)28-7-10-3-5-21-6-4-10/h3-6,8-9,11-12,15H,7H2,1-2H3,(H,22,24)(H,26,27)/t8-,9?,11-,12-/m1/s1. The van der Waals surface area contributed by atoms with E-state index in [0.717, 1.165) is 5.56 Å². The lowest BCUT2D eigenvalue weighted by atomic mass is 9.78. The molecule has 0 bridgehead atoms. The molecule has 0 aromatic carbocycles. The fourth-order valence-corrected chi connectivity index (χ4v) is 4.99. The molecule has 0 radical (unpaired) electrons. The SMILES string of the molecule is CC(NC(=O)C(F)F)[C@H]1C(=O)N2C(C(=O)O)=C(SCc3ccncc3)[C@H](C)[C@H]12. The van der Waals surface area contributed by atoms with E-state index in [4.69, 9.17) is 0 Å². The van der Waals surface area contributed by atoms with E-state index in [-0.39, 0.29) is 11.6 Å². The van der Waals surface area contributed by atoms with Crippen LogP contribution in [0.3, 0.4) is 0 Å². The minimum atomic E-state index is -3.17. The van der Waals surface area contributed by atoms with E-state index >= 15 is 0 Å². The number of carbonyl (C=O) groups is 3. The Hall–Kier alpha value is -2.49. The number of fused-ring (bicyclic) bond motifs is 1. The van der Waals surface area contributed by atoms with Crippen LogP contribution in [0, 0.1) is 11.8 Å². The van der Waals surface area contributed by atoms with Gasteiger partial charge >= 0.3 is 12.4 Å². The number of aliphatic carboxylic acids is 1. The highest BCUT2D eigenvalue weighted by atomic mass is 32.2. The van der Waals surface area contributed by atoms with Gasteiger partial charge in [-0.15, -0.1) is 11.8 Å². The van der Waals surface area contributed by atoms with Gasteiger partial charge in [-0.25, -0.2) is 4.79 Å². The molecule has 150 valence electrons. The summed E-state index contributed by atoms with van der Waals surface area (Å²) in [5.74, 6) is -3.64. The summed E-state index contributed by atoms with van der Waals surface area (Å²) in [6, 6.07) is 2.33. The highest BCUT2D eigenvalue weighted by Gasteiger charge is 2.60. The predicted molar refractivity (Wildman–Crippen MR) is 97.1 cm³/mol. The zero-order valence-electron chi connectivity index (χ0n) is 15.1. The second-order valence-electron chi connectivity index (χ2n) is 6.77. The van der Waals surface area contributed by atoms with Crippen LogP contribution >= 0.6 is 11.8 Å². The van der Waals surface area contributed by atoms with Crippen molar-refractivity contribution in [1.82, 2.24) is 15.2 Å². The van der Waals surface area contributed by atoms with Crippen molar-refractivity contribution >= 4 is 29.5 Å². The summed E-state index contributed by atoms with van der Waals surface area (Å²) in [6.07, 6.45) is 0.107. The summed E-state index contributed by atoms with van der Waals surface area (Å²) < 4.78 is 25.0. The third-order valence-corrected chi connectivity index (χ3v) is 6.40. The average molecular weight is 411 g/mol. The third kappa shape index (κ3) is 3.48. The number of rotatable bonds is 7. The number of nitrogens with zero attached hydrogens (tertiary/aromatic N) is 2. The van der Waals surface area contributed by atoms with Gasteiger partial charge in [0.15, 0.2) is 0 Å². The molecule has 2 aliphatic heterocycles. The lowest BCUT2D eigenvalue weighted by molar-refractivity contribution is -0.159. The molecule has 3 heterocycles. The first-order valence-corrected chi connectivity index (χ1v) is 9.63. The molecule has 1 fully saturated rings. The molecule has 7 nitrogen and oxygen atoms in total. The van der Waals surface area contributed by atoms with Gasteiger partial charge in [-0.1, -0.05) is 6.92 Å². The van der Waals surface area contributed by atoms with E-state index in [1.165, 1.54) is 23.6 Å². The zero-order valence-corrected chi connectivity index (χ0v) is 16.0. The number of hydrogen-bond acceptors (Lipinski definition) is 5. The van der Waals surface area contributed by atoms with Crippen molar-refractivity contribution in [3.05, 3.63) is 40.7 Å². The highest BCUT2D eigenvalue weighted by molar-refractivity contribution is 8.02. The Morgan fingerprint density at radius 3 is 2.57 bits per heavy atom. The van der Waals surface area contributed by atoms with Crippen LogP contribution in [0.5, 0.6) is 0 Å². The monoisotopic (exact) mass is 411 g/mol. The molecule has 3 rings (SSSR count). The van der Waals surface area contributed by atoms with Crippen molar-refractivity contribution in [1.29, 1.82) is 0 Å². The summed E-state index contributed by atoms with van der Waals surface area (Å²) in [5, 5.41) is 11.8. The predicted octanol–water partition coefficient (Wildman–Crippen LogP) is 1.86. The van der Waals surface area contributed by atoms with Gasteiger partial charge in [0.25, 0.3) is 5.91 Å². The number of alkyl halides is 2. The largest absolute Gasteiger partial charge is 0.477 e. The third-order valence-electron chi connectivity index (χ3n) is 5.04. The van der Waals surface area contributed by atoms with E-state index < -0.39 is 42.2 Å². The Balaban J connectivity index is 1.79. The van der Waals surface area contributed by atoms with E-state index in [1.807, 2.05) is 19.1 Å². The van der Waals surface area contributed by atoms with Gasteiger partial charge in [-0.05, 0) is 24.6 Å². The molecule has 1 aromatic rings. The summed E-state index contributed by atoms with van der Waals surface area (Å²) in [7, 11) is 0. The van der Waals surface area contributed by atoms with Crippen molar-refractivity contribution in [3.63, 3.8) is 0 Å². The number of carboxylic acid groups (broad SMARTS) is 1. The maximum absolute atomic E-state index is 12.6. The maximum atomic E-state index is 12.6. The number of thioether (sulfide) groups is 1. The number of carboxylic acids is 1. The highest BCUT2D eigenvalue weighted by Crippen LogP contribution is 2.50. The van der Waals surface area contributed by atoms with Crippen LogP contribution < -0.4 is 5.32 Å². The number of β-lactam (4-membered cyclic amide) rings is 1. The van der Waals surface area contributed by atoms with E-state index in [0.29, 0.717) is 10.7 Å². The van der Waals surface area contributed by atoms with Crippen LogP contribution in [0.15, 0.2) is 35.1 Å². The minimum Gasteiger partial charge on any atom is -0.477 e. The first kappa shape index (κ1) is 20.2.